The summed E-state index contributed by atoms with van der Waals surface area (Å²) in [5, 5.41) is 0. The Balaban J connectivity index is 3.80. The van der Waals surface area contributed by atoms with Crippen molar-refractivity contribution in [3.8, 4) is 0 Å². The monoisotopic (exact) mass is 139 g/mol. The highest BCUT2D eigenvalue weighted by molar-refractivity contribution is 5.00. The predicted octanol–water partition coefficient (Wildman–Crippen LogP) is 2.07. The molecule has 0 amide bonds. The van der Waals surface area contributed by atoms with Crippen molar-refractivity contribution in [1.29, 1.82) is 0 Å². The Labute approximate surface area is 64.0 Å². The van der Waals surface area contributed by atoms with Gasteiger partial charge < -0.3 is 0 Å². The topological polar surface area (TPSA) is 3.24 Å². The second-order valence-electron chi connectivity index (χ2n) is 2.75. The molecule has 0 saturated heterocycles. The van der Waals surface area contributed by atoms with Gasteiger partial charge in [0, 0.05) is 12.6 Å². The fourth-order valence-electron chi connectivity index (χ4n) is 0.738. The number of hydrogen-bond donors (Lipinski definition) is 0. The van der Waals surface area contributed by atoms with Gasteiger partial charge in [0.2, 0.25) is 0 Å². The summed E-state index contributed by atoms with van der Waals surface area (Å²) in [6.45, 7) is 12.7. The molecule has 58 valence electrons. The van der Waals surface area contributed by atoms with Gasteiger partial charge in [0.05, 0.1) is 0 Å². The van der Waals surface area contributed by atoms with E-state index < -0.39 is 0 Å². The van der Waals surface area contributed by atoms with Crippen LogP contribution in [0.4, 0.5) is 0 Å². The minimum atomic E-state index is 0.456. The van der Waals surface area contributed by atoms with Crippen LogP contribution in [0.15, 0.2) is 24.8 Å². The molecule has 0 aromatic heterocycles. The molecule has 0 heterocycles. The smallest absolute Gasteiger partial charge is 0.0274 e. The molecular weight excluding hydrogens is 122 g/mol. The van der Waals surface area contributed by atoms with Crippen molar-refractivity contribution in [2.45, 2.75) is 19.9 Å². The Morgan fingerprint density at radius 1 is 1.70 bits per heavy atom. The van der Waals surface area contributed by atoms with E-state index >= 15 is 0 Å². The predicted molar refractivity (Wildman–Crippen MR) is 47.1 cm³/mol. The van der Waals surface area contributed by atoms with Crippen LogP contribution in [-0.2, 0) is 0 Å². The first-order valence-corrected chi connectivity index (χ1v) is 3.56. The van der Waals surface area contributed by atoms with Crippen molar-refractivity contribution < 1.29 is 0 Å². The Morgan fingerprint density at radius 3 is 2.50 bits per heavy atom. The molecule has 0 aromatic carbocycles. The quantitative estimate of drug-likeness (QED) is 0.539. The van der Waals surface area contributed by atoms with Crippen LogP contribution in [0.2, 0.25) is 0 Å². The van der Waals surface area contributed by atoms with E-state index in [2.05, 4.69) is 32.0 Å². The molecule has 0 bridgehead atoms. The standard InChI is InChI=1S/C9H17N/c1-6-7-10(5)9(4)8(2)3/h6,9H,1-2,7H2,3-5H3. The van der Waals surface area contributed by atoms with Gasteiger partial charge in [0.1, 0.15) is 0 Å². The first kappa shape index (κ1) is 9.44. The van der Waals surface area contributed by atoms with Crippen molar-refractivity contribution in [2.75, 3.05) is 13.6 Å². The maximum atomic E-state index is 3.88. The molecule has 0 fully saturated rings. The highest BCUT2D eigenvalue weighted by Gasteiger charge is 2.06. The minimum Gasteiger partial charge on any atom is -0.296 e. The van der Waals surface area contributed by atoms with Crippen LogP contribution in [0.25, 0.3) is 0 Å². The summed E-state index contributed by atoms with van der Waals surface area (Å²) in [5.74, 6) is 0. The lowest BCUT2D eigenvalue weighted by molar-refractivity contribution is 0.318. The van der Waals surface area contributed by atoms with E-state index in [1.807, 2.05) is 13.0 Å². The summed E-state index contributed by atoms with van der Waals surface area (Å²) < 4.78 is 0. The number of nitrogens with zero attached hydrogens (tertiary/aromatic N) is 1. The molecule has 0 aromatic rings. The van der Waals surface area contributed by atoms with Crippen LogP contribution in [-0.4, -0.2) is 24.5 Å². The highest BCUT2D eigenvalue weighted by atomic mass is 15.1. The Hall–Kier alpha value is -0.560. The number of hydrogen-bond acceptors (Lipinski definition) is 1. The van der Waals surface area contributed by atoms with Crippen LogP contribution >= 0.6 is 0 Å². The largest absolute Gasteiger partial charge is 0.296 e. The lowest BCUT2D eigenvalue weighted by atomic mass is 10.1. The van der Waals surface area contributed by atoms with E-state index in [1.54, 1.807) is 0 Å². The highest BCUT2D eigenvalue weighted by Crippen LogP contribution is 2.04. The number of likely N-dealkylation sites (N-methyl/N-ethyl adjacent to an activating group) is 1. The van der Waals surface area contributed by atoms with E-state index in [-0.39, 0.29) is 0 Å². The summed E-state index contributed by atoms with van der Waals surface area (Å²) in [7, 11) is 2.07. The van der Waals surface area contributed by atoms with Gasteiger partial charge in [0.15, 0.2) is 0 Å². The van der Waals surface area contributed by atoms with Gasteiger partial charge in [-0.1, -0.05) is 18.2 Å². The van der Waals surface area contributed by atoms with Gasteiger partial charge in [-0.3, -0.25) is 4.90 Å². The van der Waals surface area contributed by atoms with Crippen molar-refractivity contribution in [3.05, 3.63) is 24.8 Å². The lowest BCUT2D eigenvalue weighted by Gasteiger charge is -2.23. The van der Waals surface area contributed by atoms with E-state index in [0.717, 1.165) is 6.54 Å². The lowest BCUT2D eigenvalue weighted by Crippen LogP contribution is -2.29. The van der Waals surface area contributed by atoms with Gasteiger partial charge in [0.25, 0.3) is 0 Å². The number of rotatable bonds is 4. The van der Waals surface area contributed by atoms with E-state index in [1.165, 1.54) is 5.57 Å². The molecule has 1 heteroatoms. The summed E-state index contributed by atoms with van der Waals surface area (Å²) in [4.78, 5) is 2.20. The molecule has 0 rings (SSSR count). The Morgan fingerprint density at radius 2 is 2.20 bits per heavy atom. The maximum Gasteiger partial charge on any atom is 0.0274 e. The first-order valence-electron chi connectivity index (χ1n) is 3.56. The summed E-state index contributed by atoms with van der Waals surface area (Å²) >= 11 is 0. The molecule has 0 spiro atoms. The zero-order chi connectivity index (χ0) is 8.15. The van der Waals surface area contributed by atoms with Crippen molar-refractivity contribution in [1.82, 2.24) is 4.90 Å². The fraction of sp³-hybridized carbons (Fsp3) is 0.556. The summed E-state index contributed by atoms with van der Waals surface area (Å²) in [6, 6.07) is 0.456. The SMILES string of the molecule is C=CCN(C)C(C)C(=C)C. The van der Waals surface area contributed by atoms with E-state index in [4.69, 9.17) is 0 Å². The van der Waals surface area contributed by atoms with Gasteiger partial charge in [-0.25, -0.2) is 0 Å². The molecule has 1 atom stereocenters. The fourth-order valence-corrected chi connectivity index (χ4v) is 0.738. The van der Waals surface area contributed by atoms with Crippen LogP contribution in [0.1, 0.15) is 13.8 Å². The third-order valence-corrected chi connectivity index (χ3v) is 1.79. The van der Waals surface area contributed by atoms with E-state index in [0.29, 0.717) is 6.04 Å². The molecule has 0 aliphatic carbocycles. The molecule has 10 heavy (non-hydrogen) atoms. The Kier molecular flexibility index (Phi) is 4.05. The molecule has 0 aliphatic rings. The molecule has 0 N–H and O–H groups in total. The van der Waals surface area contributed by atoms with Gasteiger partial charge in [-0.15, -0.1) is 6.58 Å². The zero-order valence-electron chi connectivity index (χ0n) is 7.22. The van der Waals surface area contributed by atoms with Crippen LogP contribution < -0.4 is 0 Å². The molecule has 0 radical (unpaired) electrons. The Bertz CT molecular complexity index is 127. The minimum absolute atomic E-state index is 0.456. The summed E-state index contributed by atoms with van der Waals surface area (Å²) in [5.41, 5.74) is 1.20. The van der Waals surface area contributed by atoms with Crippen LogP contribution in [0.5, 0.6) is 0 Å². The molecule has 0 saturated carbocycles. The van der Waals surface area contributed by atoms with Gasteiger partial charge >= 0.3 is 0 Å². The summed E-state index contributed by atoms with van der Waals surface area (Å²) in [6.07, 6.45) is 1.90. The van der Waals surface area contributed by atoms with Crippen molar-refractivity contribution in [2.24, 2.45) is 0 Å². The van der Waals surface area contributed by atoms with Crippen LogP contribution in [0, 0.1) is 0 Å². The zero-order valence-corrected chi connectivity index (χ0v) is 7.22. The molecule has 1 unspecified atom stereocenters. The van der Waals surface area contributed by atoms with Gasteiger partial charge in [-0.2, -0.15) is 0 Å². The average Bonchev–Trinajstić information content (AvgIpc) is 1.87. The second kappa shape index (κ2) is 4.29. The third kappa shape index (κ3) is 2.83. The second-order valence-corrected chi connectivity index (χ2v) is 2.75. The third-order valence-electron chi connectivity index (χ3n) is 1.79. The van der Waals surface area contributed by atoms with E-state index in [9.17, 15) is 0 Å². The molecule has 0 aliphatic heterocycles. The molecule has 1 nitrogen and oxygen atoms in total. The average molecular weight is 139 g/mol. The first-order chi connectivity index (χ1) is 4.59. The normalized spacial score (nSPS) is 13.2. The van der Waals surface area contributed by atoms with Gasteiger partial charge in [-0.05, 0) is 20.9 Å². The van der Waals surface area contributed by atoms with Crippen molar-refractivity contribution in [3.63, 3.8) is 0 Å². The van der Waals surface area contributed by atoms with Crippen molar-refractivity contribution >= 4 is 0 Å². The molecular formula is C9H17N. The van der Waals surface area contributed by atoms with Crippen LogP contribution in [0.3, 0.4) is 0 Å². The maximum absolute atomic E-state index is 3.88.